The van der Waals surface area contributed by atoms with Gasteiger partial charge in [0.25, 0.3) is 0 Å². The molecule has 1 amide bonds. The quantitative estimate of drug-likeness (QED) is 0.830. The normalized spacial score (nSPS) is 20.5. The minimum absolute atomic E-state index is 0.0648. The first-order valence-corrected chi connectivity index (χ1v) is 7.50. The number of aromatic nitrogens is 2. The van der Waals surface area contributed by atoms with Crippen LogP contribution in [-0.4, -0.2) is 33.2 Å². The van der Waals surface area contributed by atoms with E-state index in [0.29, 0.717) is 43.2 Å². The topological polar surface area (TPSA) is 118 Å². The van der Waals surface area contributed by atoms with Crippen LogP contribution in [0.15, 0.2) is 27.3 Å². The molecule has 0 bridgehead atoms. The highest BCUT2D eigenvalue weighted by Gasteiger charge is 2.30. The van der Waals surface area contributed by atoms with Crippen LogP contribution in [0.2, 0.25) is 0 Å². The van der Waals surface area contributed by atoms with E-state index in [1.165, 1.54) is 6.26 Å². The lowest BCUT2D eigenvalue weighted by atomic mass is 10.1. The van der Waals surface area contributed by atoms with E-state index in [1.807, 2.05) is 0 Å². The van der Waals surface area contributed by atoms with Crippen molar-refractivity contribution in [1.29, 1.82) is 0 Å². The van der Waals surface area contributed by atoms with Gasteiger partial charge in [-0.15, -0.1) is 0 Å². The summed E-state index contributed by atoms with van der Waals surface area (Å²) in [6.45, 7) is 0. The van der Waals surface area contributed by atoms with Crippen LogP contribution in [0.25, 0.3) is 11.6 Å². The Kier molecular flexibility index (Phi) is 4.40. The fraction of sp³-hybridized carbons (Fsp3) is 0.467. The van der Waals surface area contributed by atoms with Crippen LogP contribution >= 0.6 is 0 Å². The third-order valence-corrected chi connectivity index (χ3v) is 3.92. The highest BCUT2D eigenvalue weighted by atomic mass is 16.5. The van der Waals surface area contributed by atoms with Gasteiger partial charge in [-0.2, -0.15) is 4.98 Å². The lowest BCUT2D eigenvalue weighted by Gasteiger charge is -2.11. The minimum Gasteiger partial charge on any atom is -0.481 e. The predicted octanol–water partition coefficient (Wildman–Crippen LogP) is 1.63. The summed E-state index contributed by atoms with van der Waals surface area (Å²) in [5.41, 5.74) is 0. The van der Waals surface area contributed by atoms with Gasteiger partial charge in [0, 0.05) is 18.9 Å². The standard InChI is InChI=1S/C15H17N3O5/c19-12(16-10-4-3-9(8-10)15(20)21)5-6-13-17-14(18-23-13)11-2-1-7-22-11/h1-2,7,9-10H,3-6,8H2,(H,16,19)(H,20,21)/t9-,10+/m0/s1. The van der Waals surface area contributed by atoms with E-state index in [2.05, 4.69) is 15.5 Å². The number of furan rings is 1. The zero-order chi connectivity index (χ0) is 16.2. The predicted molar refractivity (Wildman–Crippen MR) is 77.2 cm³/mol. The Hall–Kier alpha value is -2.64. The van der Waals surface area contributed by atoms with Crippen LogP contribution in [0.1, 0.15) is 31.6 Å². The molecule has 2 atom stereocenters. The molecular weight excluding hydrogens is 302 g/mol. The number of hydrogen-bond acceptors (Lipinski definition) is 6. The highest BCUT2D eigenvalue weighted by molar-refractivity contribution is 5.77. The van der Waals surface area contributed by atoms with Crippen molar-refractivity contribution in [2.24, 2.45) is 5.92 Å². The largest absolute Gasteiger partial charge is 0.481 e. The number of aliphatic carboxylic acids is 1. The maximum Gasteiger partial charge on any atom is 0.306 e. The van der Waals surface area contributed by atoms with Crippen LogP contribution in [0, 0.1) is 5.92 Å². The fourth-order valence-electron chi connectivity index (χ4n) is 2.72. The Balaban J connectivity index is 1.45. The van der Waals surface area contributed by atoms with Gasteiger partial charge in [0.15, 0.2) is 5.76 Å². The van der Waals surface area contributed by atoms with E-state index in [1.54, 1.807) is 12.1 Å². The Labute approximate surface area is 131 Å². The van der Waals surface area contributed by atoms with Gasteiger partial charge in [-0.1, -0.05) is 5.16 Å². The third kappa shape index (κ3) is 3.77. The van der Waals surface area contributed by atoms with Crippen molar-refractivity contribution < 1.29 is 23.6 Å². The zero-order valence-electron chi connectivity index (χ0n) is 12.4. The number of rotatable bonds is 6. The number of carbonyl (C=O) groups is 2. The molecule has 0 radical (unpaired) electrons. The van der Waals surface area contributed by atoms with E-state index in [9.17, 15) is 9.59 Å². The van der Waals surface area contributed by atoms with Crippen LogP contribution in [0.4, 0.5) is 0 Å². The molecule has 2 heterocycles. The number of amides is 1. The van der Waals surface area contributed by atoms with Gasteiger partial charge in [-0.25, -0.2) is 0 Å². The number of carboxylic acid groups (broad SMARTS) is 1. The second-order valence-corrected chi connectivity index (χ2v) is 5.60. The second kappa shape index (κ2) is 6.64. The molecule has 2 N–H and O–H groups in total. The van der Waals surface area contributed by atoms with E-state index < -0.39 is 5.97 Å². The van der Waals surface area contributed by atoms with Crippen molar-refractivity contribution in [3.63, 3.8) is 0 Å². The number of nitrogens with one attached hydrogen (secondary N) is 1. The molecule has 1 aliphatic rings. The van der Waals surface area contributed by atoms with E-state index in [0.717, 1.165) is 0 Å². The summed E-state index contributed by atoms with van der Waals surface area (Å²) in [7, 11) is 0. The molecule has 1 saturated carbocycles. The molecule has 0 aliphatic heterocycles. The molecule has 23 heavy (non-hydrogen) atoms. The first kappa shape index (κ1) is 15.3. The van der Waals surface area contributed by atoms with Crippen molar-refractivity contribution in [2.45, 2.75) is 38.1 Å². The van der Waals surface area contributed by atoms with Crippen molar-refractivity contribution in [3.05, 3.63) is 24.3 Å². The Morgan fingerprint density at radius 1 is 1.39 bits per heavy atom. The summed E-state index contributed by atoms with van der Waals surface area (Å²) in [6, 6.07) is 3.38. The molecule has 0 unspecified atom stereocenters. The molecule has 8 heteroatoms. The average molecular weight is 319 g/mol. The third-order valence-electron chi connectivity index (χ3n) is 3.92. The average Bonchev–Trinajstić information content (AvgIpc) is 3.25. The number of aryl methyl sites for hydroxylation is 1. The maximum atomic E-state index is 11.9. The number of nitrogens with zero attached hydrogens (tertiary/aromatic N) is 2. The molecule has 0 spiro atoms. The van der Waals surface area contributed by atoms with Crippen molar-refractivity contribution in [3.8, 4) is 11.6 Å². The summed E-state index contributed by atoms with van der Waals surface area (Å²) in [5.74, 6) is -0.0639. The molecule has 0 aromatic carbocycles. The Morgan fingerprint density at radius 2 is 2.26 bits per heavy atom. The zero-order valence-corrected chi connectivity index (χ0v) is 12.4. The van der Waals surface area contributed by atoms with Gasteiger partial charge in [-0.05, 0) is 31.4 Å². The first-order chi connectivity index (χ1) is 11.1. The molecule has 122 valence electrons. The molecule has 3 rings (SSSR count). The van der Waals surface area contributed by atoms with Gasteiger partial charge < -0.3 is 19.4 Å². The molecule has 1 fully saturated rings. The van der Waals surface area contributed by atoms with Crippen molar-refractivity contribution in [2.75, 3.05) is 0 Å². The summed E-state index contributed by atoms with van der Waals surface area (Å²) >= 11 is 0. The van der Waals surface area contributed by atoms with Crippen LogP contribution in [0.5, 0.6) is 0 Å². The second-order valence-electron chi connectivity index (χ2n) is 5.60. The fourth-order valence-corrected chi connectivity index (χ4v) is 2.72. The van der Waals surface area contributed by atoms with Crippen LogP contribution in [-0.2, 0) is 16.0 Å². The summed E-state index contributed by atoms with van der Waals surface area (Å²) < 4.78 is 10.2. The molecular formula is C15H17N3O5. The van der Waals surface area contributed by atoms with E-state index >= 15 is 0 Å². The Morgan fingerprint density at radius 3 is 2.96 bits per heavy atom. The molecule has 1 aliphatic carbocycles. The molecule has 2 aromatic rings. The summed E-state index contributed by atoms with van der Waals surface area (Å²) in [6.07, 6.45) is 3.86. The highest BCUT2D eigenvalue weighted by Crippen LogP contribution is 2.25. The number of hydrogen-bond donors (Lipinski definition) is 2. The Bertz CT molecular complexity index is 679. The summed E-state index contributed by atoms with van der Waals surface area (Å²) in [5, 5.41) is 15.6. The van der Waals surface area contributed by atoms with Crippen molar-refractivity contribution in [1.82, 2.24) is 15.5 Å². The van der Waals surface area contributed by atoms with Gasteiger partial charge in [0.1, 0.15) is 0 Å². The first-order valence-electron chi connectivity index (χ1n) is 7.50. The molecule has 8 nitrogen and oxygen atoms in total. The van der Waals surface area contributed by atoms with Crippen molar-refractivity contribution >= 4 is 11.9 Å². The summed E-state index contributed by atoms with van der Waals surface area (Å²) in [4.78, 5) is 27.0. The van der Waals surface area contributed by atoms with Crippen LogP contribution < -0.4 is 5.32 Å². The number of carboxylic acids is 1. The lowest BCUT2D eigenvalue weighted by molar-refractivity contribution is -0.141. The number of carbonyl (C=O) groups excluding carboxylic acids is 1. The minimum atomic E-state index is -0.793. The van der Waals surface area contributed by atoms with Crippen LogP contribution in [0.3, 0.4) is 0 Å². The van der Waals surface area contributed by atoms with E-state index in [4.69, 9.17) is 14.0 Å². The maximum absolute atomic E-state index is 11.9. The van der Waals surface area contributed by atoms with Gasteiger partial charge in [-0.3, -0.25) is 9.59 Å². The smallest absolute Gasteiger partial charge is 0.306 e. The lowest BCUT2D eigenvalue weighted by Crippen LogP contribution is -2.33. The van der Waals surface area contributed by atoms with Gasteiger partial charge in [0.2, 0.25) is 17.6 Å². The SMILES string of the molecule is O=C(CCc1nc(-c2ccco2)no1)N[C@@H]1CC[C@H](C(=O)O)C1. The van der Waals surface area contributed by atoms with Gasteiger partial charge in [0.05, 0.1) is 12.2 Å². The molecule has 0 saturated heterocycles. The monoisotopic (exact) mass is 319 g/mol. The van der Waals surface area contributed by atoms with E-state index in [-0.39, 0.29) is 24.3 Å². The molecule has 2 aromatic heterocycles. The van der Waals surface area contributed by atoms with Gasteiger partial charge >= 0.3 is 5.97 Å².